The van der Waals surface area contributed by atoms with Gasteiger partial charge in [-0.2, -0.15) is 5.26 Å². The minimum Gasteiger partial charge on any atom is -0.300 e. The molecule has 0 aromatic carbocycles. The van der Waals surface area contributed by atoms with Gasteiger partial charge >= 0.3 is 0 Å². The summed E-state index contributed by atoms with van der Waals surface area (Å²) in [7, 11) is 0. The van der Waals surface area contributed by atoms with Gasteiger partial charge in [0.1, 0.15) is 11.1 Å². The van der Waals surface area contributed by atoms with Crippen LogP contribution in [0.3, 0.4) is 0 Å². The molecule has 0 spiro atoms. The van der Waals surface area contributed by atoms with Crippen LogP contribution in [0.4, 0.5) is 5.13 Å². The molecule has 9 heteroatoms. The van der Waals surface area contributed by atoms with Gasteiger partial charge in [0, 0.05) is 5.69 Å². The average molecular weight is 406 g/mol. The maximum absolute atomic E-state index is 12.2. The molecule has 0 saturated carbocycles. The monoisotopic (exact) mass is 405 g/mol. The van der Waals surface area contributed by atoms with Crippen LogP contribution >= 0.6 is 34.9 Å². The van der Waals surface area contributed by atoms with Crippen LogP contribution in [0, 0.1) is 11.3 Å². The van der Waals surface area contributed by atoms with Crippen molar-refractivity contribution in [1.29, 1.82) is 5.26 Å². The molecule has 0 bridgehead atoms. The molecule has 6 nitrogen and oxygen atoms in total. The molecule has 26 heavy (non-hydrogen) atoms. The number of nitrogens with one attached hydrogen (secondary N) is 1. The number of aryl methyl sites for hydroxylation is 2. The van der Waals surface area contributed by atoms with Gasteiger partial charge in [-0.15, -0.1) is 10.2 Å². The zero-order valence-electron chi connectivity index (χ0n) is 14.4. The van der Waals surface area contributed by atoms with E-state index < -0.39 is 0 Å². The van der Waals surface area contributed by atoms with E-state index in [1.54, 1.807) is 11.8 Å². The predicted molar refractivity (Wildman–Crippen MR) is 106 cm³/mol. The SMILES string of the molecule is CCSc1nnc(NC(=O)CSc2nc3c(cc2C#N)CCCCC3)s1. The number of carbonyl (C=O) groups excluding carboxylic acids is 1. The molecular formula is C17H19N5OS3. The van der Waals surface area contributed by atoms with Gasteiger partial charge in [-0.05, 0) is 43.1 Å². The van der Waals surface area contributed by atoms with Crippen molar-refractivity contribution in [2.45, 2.75) is 48.4 Å². The number of nitrogens with zero attached hydrogens (tertiary/aromatic N) is 4. The molecule has 1 N–H and O–H groups in total. The number of hydrogen-bond acceptors (Lipinski definition) is 8. The van der Waals surface area contributed by atoms with Crippen molar-refractivity contribution in [3.8, 4) is 6.07 Å². The lowest BCUT2D eigenvalue weighted by atomic mass is 10.1. The van der Waals surface area contributed by atoms with Gasteiger partial charge in [-0.3, -0.25) is 10.1 Å². The fourth-order valence-corrected chi connectivity index (χ4v) is 5.15. The maximum Gasteiger partial charge on any atom is 0.236 e. The molecule has 0 saturated heterocycles. The van der Waals surface area contributed by atoms with Crippen LogP contribution in [-0.2, 0) is 17.6 Å². The Morgan fingerprint density at radius 3 is 2.96 bits per heavy atom. The highest BCUT2D eigenvalue weighted by Crippen LogP contribution is 2.28. The Labute approximate surface area is 165 Å². The number of hydrogen-bond donors (Lipinski definition) is 1. The van der Waals surface area contributed by atoms with E-state index in [0.717, 1.165) is 41.5 Å². The molecule has 0 atom stereocenters. The summed E-state index contributed by atoms with van der Waals surface area (Å²) in [5, 5.41) is 21.3. The fourth-order valence-electron chi connectivity index (χ4n) is 2.71. The Morgan fingerprint density at radius 1 is 1.31 bits per heavy atom. The number of amides is 1. The molecule has 3 rings (SSSR count). The first kappa shape index (κ1) is 19.1. The maximum atomic E-state index is 12.2. The number of anilines is 1. The number of aromatic nitrogens is 3. The number of fused-ring (bicyclic) bond motifs is 1. The van der Waals surface area contributed by atoms with Gasteiger partial charge < -0.3 is 0 Å². The van der Waals surface area contributed by atoms with Crippen molar-refractivity contribution in [1.82, 2.24) is 15.2 Å². The summed E-state index contributed by atoms with van der Waals surface area (Å²) in [5.41, 5.74) is 2.82. The lowest BCUT2D eigenvalue weighted by molar-refractivity contribution is -0.113. The second kappa shape index (κ2) is 9.35. The smallest absolute Gasteiger partial charge is 0.236 e. The minimum atomic E-state index is -0.167. The number of pyridine rings is 1. The van der Waals surface area contributed by atoms with Gasteiger partial charge in [0.25, 0.3) is 0 Å². The Balaban J connectivity index is 1.63. The van der Waals surface area contributed by atoms with Gasteiger partial charge in [-0.1, -0.05) is 48.2 Å². The summed E-state index contributed by atoms with van der Waals surface area (Å²) in [6.07, 6.45) is 5.41. The average Bonchev–Trinajstić information content (AvgIpc) is 2.94. The minimum absolute atomic E-state index is 0.167. The standard InChI is InChI=1S/C17H19N5OS3/c1-2-24-17-22-21-16(26-17)20-14(23)10-25-15-12(9-18)8-11-6-4-3-5-7-13(11)19-15/h8H,2-7,10H2,1H3,(H,20,21,23). The van der Waals surface area contributed by atoms with E-state index in [0.29, 0.717) is 15.7 Å². The first-order valence-corrected chi connectivity index (χ1v) is 11.3. The molecule has 136 valence electrons. The van der Waals surface area contributed by atoms with Gasteiger partial charge in [-0.25, -0.2) is 4.98 Å². The summed E-state index contributed by atoms with van der Waals surface area (Å²) in [6.45, 7) is 2.04. The molecular weight excluding hydrogens is 386 g/mol. The Morgan fingerprint density at radius 2 is 2.15 bits per heavy atom. The van der Waals surface area contributed by atoms with Crippen molar-refractivity contribution >= 4 is 45.9 Å². The Kier molecular flexibility index (Phi) is 6.88. The summed E-state index contributed by atoms with van der Waals surface area (Å²) in [4.78, 5) is 16.9. The second-order valence-corrected chi connectivity index (χ2v) is 9.22. The van der Waals surface area contributed by atoms with E-state index in [2.05, 4.69) is 26.6 Å². The third-order valence-electron chi connectivity index (χ3n) is 3.90. The third kappa shape index (κ3) is 4.96. The summed E-state index contributed by atoms with van der Waals surface area (Å²) in [5.74, 6) is 0.940. The molecule has 1 aliphatic rings. The van der Waals surface area contributed by atoms with E-state index in [4.69, 9.17) is 0 Å². The molecule has 0 radical (unpaired) electrons. The fraction of sp³-hybridized carbons (Fsp3) is 0.471. The first-order chi connectivity index (χ1) is 12.7. The number of thioether (sulfide) groups is 2. The zero-order chi connectivity index (χ0) is 18.4. The van der Waals surface area contributed by atoms with Crippen molar-refractivity contribution in [2.24, 2.45) is 0 Å². The summed E-state index contributed by atoms with van der Waals surface area (Å²) < 4.78 is 0.842. The van der Waals surface area contributed by atoms with Crippen molar-refractivity contribution < 1.29 is 4.79 Å². The van der Waals surface area contributed by atoms with E-state index in [1.165, 1.54) is 35.1 Å². The molecule has 1 aliphatic carbocycles. The van der Waals surface area contributed by atoms with Crippen molar-refractivity contribution in [3.63, 3.8) is 0 Å². The largest absolute Gasteiger partial charge is 0.300 e. The highest BCUT2D eigenvalue weighted by molar-refractivity contribution is 8.01. The van der Waals surface area contributed by atoms with Crippen LogP contribution < -0.4 is 5.32 Å². The van der Waals surface area contributed by atoms with Crippen LogP contribution in [0.1, 0.15) is 43.0 Å². The van der Waals surface area contributed by atoms with Crippen LogP contribution in [0.15, 0.2) is 15.4 Å². The van der Waals surface area contributed by atoms with E-state index in [1.807, 2.05) is 13.0 Å². The molecule has 2 aromatic heterocycles. The van der Waals surface area contributed by atoms with Crippen LogP contribution in [0.25, 0.3) is 0 Å². The Hall–Kier alpha value is -1.63. The Bertz CT molecular complexity index is 830. The highest BCUT2D eigenvalue weighted by Gasteiger charge is 2.16. The lowest BCUT2D eigenvalue weighted by Gasteiger charge is -2.09. The second-order valence-electron chi connectivity index (χ2n) is 5.76. The molecule has 0 fully saturated rings. The number of rotatable bonds is 6. The highest BCUT2D eigenvalue weighted by atomic mass is 32.2. The molecule has 1 amide bonds. The molecule has 2 aromatic rings. The summed E-state index contributed by atoms with van der Waals surface area (Å²) in [6, 6.07) is 4.17. The van der Waals surface area contributed by atoms with E-state index in [9.17, 15) is 10.1 Å². The molecule has 2 heterocycles. The van der Waals surface area contributed by atoms with Crippen molar-refractivity contribution in [3.05, 3.63) is 22.9 Å². The van der Waals surface area contributed by atoms with Gasteiger partial charge in [0.05, 0.1) is 11.3 Å². The van der Waals surface area contributed by atoms with E-state index in [-0.39, 0.29) is 11.7 Å². The topological polar surface area (TPSA) is 91.6 Å². The predicted octanol–water partition coefficient (Wildman–Crippen LogP) is 3.92. The van der Waals surface area contributed by atoms with Crippen LogP contribution in [0.2, 0.25) is 0 Å². The summed E-state index contributed by atoms with van der Waals surface area (Å²) >= 11 is 4.26. The van der Waals surface area contributed by atoms with Gasteiger partial charge in [0.15, 0.2) is 4.34 Å². The molecule has 0 aliphatic heterocycles. The quantitative estimate of drug-likeness (QED) is 0.442. The first-order valence-electron chi connectivity index (χ1n) is 8.51. The van der Waals surface area contributed by atoms with Gasteiger partial charge in [0.2, 0.25) is 11.0 Å². The number of carbonyl (C=O) groups is 1. The van der Waals surface area contributed by atoms with E-state index >= 15 is 0 Å². The third-order valence-corrected chi connectivity index (χ3v) is 6.74. The number of nitriles is 1. The zero-order valence-corrected chi connectivity index (χ0v) is 16.9. The normalized spacial score (nSPS) is 13.5. The lowest BCUT2D eigenvalue weighted by Crippen LogP contribution is -2.14. The molecule has 0 unspecified atom stereocenters. The van der Waals surface area contributed by atoms with Crippen LogP contribution in [-0.4, -0.2) is 32.6 Å². The van der Waals surface area contributed by atoms with Crippen molar-refractivity contribution in [2.75, 3.05) is 16.8 Å². The van der Waals surface area contributed by atoms with Crippen LogP contribution in [0.5, 0.6) is 0 Å².